The molecule has 0 aliphatic carbocycles. The fraction of sp³-hybridized carbons (Fsp3) is 0.118. The number of hydrogen-bond acceptors (Lipinski definition) is 5. The van der Waals surface area contributed by atoms with Gasteiger partial charge in [-0.3, -0.25) is 9.78 Å². The number of pyridine rings is 1. The van der Waals surface area contributed by atoms with E-state index in [0.717, 1.165) is 10.0 Å². The summed E-state index contributed by atoms with van der Waals surface area (Å²) in [4.78, 5) is 16.5. The van der Waals surface area contributed by atoms with Crippen LogP contribution in [0.2, 0.25) is 0 Å². The lowest BCUT2D eigenvalue weighted by molar-refractivity contribution is 0.102. The van der Waals surface area contributed by atoms with Crippen LogP contribution in [0.3, 0.4) is 0 Å². The number of carbonyl (C=O) groups is 1. The fourth-order valence-corrected chi connectivity index (χ4v) is 2.71. The molecule has 0 bridgehead atoms. The summed E-state index contributed by atoms with van der Waals surface area (Å²) in [5, 5.41) is 9.76. The monoisotopic (exact) mass is 386 g/mol. The molecule has 0 atom stereocenters. The van der Waals surface area contributed by atoms with Gasteiger partial charge in [0.2, 0.25) is 0 Å². The second-order valence-electron chi connectivity index (χ2n) is 5.35. The van der Waals surface area contributed by atoms with Crippen molar-refractivity contribution in [3.8, 4) is 0 Å². The molecule has 3 rings (SSSR count). The highest BCUT2D eigenvalue weighted by molar-refractivity contribution is 9.10. The van der Waals surface area contributed by atoms with Crippen molar-refractivity contribution in [3.05, 3.63) is 64.1 Å². The number of hydrogen-bond donors (Lipinski definition) is 2. The third kappa shape index (κ3) is 3.80. The molecule has 7 heteroatoms. The zero-order valence-corrected chi connectivity index (χ0v) is 14.7. The molecule has 24 heavy (non-hydrogen) atoms. The smallest absolute Gasteiger partial charge is 0.257 e. The number of amides is 1. The number of aromatic nitrogens is 2. The van der Waals surface area contributed by atoms with E-state index in [1.165, 1.54) is 6.20 Å². The summed E-state index contributed by atoms with van der Waals surface area (Å²) >= 11 is 3.45. The minimum Gasteiger partial charge on any atom is -0.360 e. The molecule has 2 N–H and O–H groups in total. The Morgan fingerprint density at radius 3 is 2.71 bits per heavy atom. The summed E-state index contributed by atoms with van der Waals surface area (Å²) in [5.74, 6) is 1.02. The molecule has 2 aromatic heterocycles. The number of anilines is 3. The molecule has 0 saturated heterocycles. The second kappa shape index (κ2) is 6.84. The van der Waals surface area contributed by atoms with Crippen molar-refractivity contribution in [1.82, 2.24) is 10.1 Å². The van der Waals surface area contributed by atoms with Crippen LogP contribution >= 0.6 is 15.9 Å². The summed E-state index contributed by atoms with van der Waals surface area (Å²) in [6.45, 7) is 3.79. The molecule has 0 spiro atoms. The van der Waals surface area contributed by atoms with E-state index >= 15 is 0 Å². The van der Waals surface area contributed by atoms with Gasteiger partial charge in [0, 0.05) is 16.7 Å². The number of benzene rings is 1. The highest BCUT2D eigenvalue weighted by atomic mass is 79.9. The largest absolute Gasteiger partial charge is 0.360 e. The Kier molecular flexibility index (Phi) is 4.61. The summed E-state index contributed by atoms with van der Waals surface area (Å²) in [5.41, 5.74) is 2.90. The zero-order valence-electron chi connectivity index (χ0n) is 13.1. The Morgan fingerprint density at radius 2 is 2.00 bits per heavy atom. The minimum atomic E-state index is -0.243. The van der Waals surface area contributed by atoms with Gasteiger partial charge in [-0.25, -0.2) is 0 Å². The van der Waals surface area contributed by atoms with Gasteiger partial charge in [-0.05, 0) is 53.5 Å². The van der Waals surface area contributed by atoms with Crippen molar-refractivity contribution in [2.45, 2.75) is 13.8 Å². The van der Waals surface area contributed by atoms with Gasteiger partial charge in [0.05, 0.1) is 23.1 Å². The molecular weight excluding hydrogens is 372 g/mol. The van der Waals surface area contributed by atoms with Gasteiger partial charge in [-0.15, -0.1) is 0 Å². The molecule has 1 aromatic carbocycles. The lowest BCUT2D eigenvalue weighted by atomic mass is 10.2. The maximum absolute atomic E-state index is 12.4. The van der Waals surface area contributed by atoms with Crippen LogP contribution in [-0.4, -0.2) is 16.0 Å². The summed E-state index contributed by atoms with van der Waals surface area (Å²) < 4.78 is 5.83. The first-order chi connectivity index (χ1) is 11.5. The van der Waals surface area contributed by atoms with Crippen molar-refractivity contribution in [1.29, 1.82) is 0 Å². The number of carbonyl (C=O) groups excluding carboxylic acids is 1. The number of aryl methyl sites for hydroxylation is 2. The topological polar surface area (TPSA) is 80.0 Å². The Morgan fingerprint density at radius 1 is 1.17 bits per heavy atom. The van der Waals surface area contributed by atoms with Crippen LogP contribution in [0.4, 0.5) is 17.2 Å². The average Bonchev–Trinajstić information content (AvgIpc) is 2.95. The van der Waals surface area contributed by atoms with Crippen LogP contribution in [0.1, 0.15) is 21.7 Å². The first-order valence-electron chi connectivity index (χ1n) is 7.24. The molecular formula is C17H15BrN4O2. The van der Waals surface area contributed by atoms with E-state index in [2.05, 4.69) is 36.7 Å². The van der Waals surface area contributed by atoms with Crippen LogP contribution in [0, 0.1) is 13.8 Å². The molecule has 0 aliphatic heterocycles. The predicted octanol–water partition coefficient (Wildman–Crippen LogP) is 4.44. The molecule has 3 aromatic rings. The third-order valence-electron chi connectivity index (χ3n) is 3.27. The van der Waals surface area contributed by atoms with E-state index in [0.29, 0.717) is 28.5 Å². The highest BCUT2D eigenvalue weighted by Crippen LogP contribution is 2.24. The van der Waals surface area contributed by atoms with E-state index in [4.69, 9.17) is 4.52 Å². The Labute approximate surface area is 147 Å². The normalized spacial score (nSPS) is 10.5. The molecule has 0 unspecified atom stereocenters. The van der Waals surface area contributed by atoms with E-state index in [9.17, 15) is 4.79 Å². The van der Waals surface area contributed by atoms with Gasteiger partial charge in [-0.1, -0.05) is 11.2 Å². The lowest BCUT2D eigenvalue weighted by Gasteiger charge is -2.09. The Balaban J connectivity index is 1.76. The number of nitrogens with zero attached hydrogens (tertiary/aromatic N) is 2. The zero-order chi connectivity index (χ0) is 17.1. The molecule has 0 aliphatic rings. The third-order valence-corrected chi connectivity index (χ3v) is 3.93. The maximum Gasteiger partial charge on any atom is 0.257 e. The molecule has 0 radical (unpaired) electrons. The standard InChI is InChI=1S/C17H15BrN4O2/c1-10-3-4-15(14(18)5-10)21-17(23)12-7-13(9-19-8-12)20-16-6-11(2)24-22-16/h3-9H,1-2H3,(H,20,22)(H,21,23). The molecule has 2 heterocycles. The Bertz CT molecular complexity index is 892. The van der Waals surface area contributed by atoms with Gasteiger partial charge in [0.1, 0.15) is 5.76 Å². The number of nitrogens with one attached hydrogen (secondary N) is 2. The van der Waals surface area contributed by atoms with Crippen LogP contribution in [-0.2, 0) is 0 Å². The van der Waals surface area contributed by atoms with E-state index in [-0.39, 0.29) is 5.91 Å². The van der Waals surface area contributed by atoms with E-state index in [1.54, 1.807) is 25.3 Å². The molecule has 0 saturated carbocycles. The van der Waals surface area contributed by atoms with Gasteiger partial charge in [0.15, 0.2) is 5.82 Å². The van der Waals surface area contributed by atoms with E-state index < -0.39 is 0 Å². The number of halogens is 1. The molecule has 1 amide bonds. The van der Waals surface area contributed by atoms with Crippen molar-refractivity contribution < 1.29 is 9.32 Å². The average molecular weight is 387 g/mol. The second-order valence-corrected chi connectivity index (χ2v) is 6.20. The quantitative estimate of drug-likeness (QED) is 0.692. The van der Waals surface area contributed by atoms with Gasteiger partial charge in [0.25, 0.3) is 5.91 Å². The fourth-order valence-electron chi connectivity index (χ4n) is 2.12. The highest BCUT2D eigenvalue weighted by Gasteiger charge is 2.10. The first-order valence-corrected chi connectivity index (χ1v) is 8.03. The molecule has 6 nitrogen and oxygen atoms in total. The molecule has 122 valence electrons. The van der Waals surface area contributed by atoms with Crippen molar-refractivity contribution >= 4 is 39.0 Å². The minimum absolute atomic E-state index is 0.243. The van der Waals surface area contributed by atoms with Gasteiger partial charge in [-0.2, -0.15) is 0 Å². The van der Waals surface area contributed by atoms with Crippen molar-refractivity contribution in [3.63, 3.8) is 0 Å². The van der Waals surface area contributed by atoms with Crippen LogP contribution in [0.25, 0.3) is 0 Å². The number of rotatable bonds is 4. The van der Waals surface area contributed by atoms with Crippen LogP contribution in [0.15, 0.2) is 51.7 Å². The summed E-state index contributed by atoms with van der Waals surface area (Å²) in [6.07, 6.45) is 3.12. The van der Waals surface area contributed by atoms with Crippen LogP contribution < -0.4 is 10.6 Å². The van der Waals surface area contributed by atoms with E-state index in [1.807, 2.05) is 25.1 Å². The first kappa shape index (κ1) is 16.2. The maximum atomic E-state index is 12.4. The van der Waals surface area contributed by atoms with Gasteiger partial charge >= 0.3 is 0 Å². The SMILES string of the molecule is Cc1ccc(NC(=O)c2cncc(Nc3cc(C)on3)c2)c(Br)c1. The lowest BCUT2D eigenvalue weighted by Crippen LogP contribution is -2.13. The Hall–Kier alpha value is -2.67. The predicted molar refractivity (Wildman–Crippen MR) is 95.6 cm³/mol. The summed E-state index contributed by atoms with van der Waals surface area (Å²) in [7, 11) is 0. The van der Waals surface area contributed by atoms with Crippen LogP contribution in [0.5, 0.6) is 0 Å². The molecule has 0 fully saturated rings. The summed E-state index contributed by atoms with van der Waals surface area (Å²) in [6, 6.07) is 9.19. The van der Waals surface area contributed by atoms with Crippen molar-refractivity contribution in [2.75, 3.05) is 10.6 Å². The van der Waals surface area contributed by atoms with Crippen molar-refractivity contribution in [2.24, 2.45) is 0 Å². The van der Waals surface area contributed by atoms with Gasteiger partial charge < -0.3 is 15.2 Å².